The Morgan fingerprint density at radius 2 is 1.92 bits per heavy atom. The normalized spacial score (nSPS) is 10.9. The molecule has 3 aromatic heterocycles. The topological polar surface area (TPSA) is 50.8 Å². The number of para-hydroxylation sites is 1. The molecule has 0 bridgehead atoms. The van der Waals surface area contributed by atoms with Gasteiger partial charge in [0.05, 0.1) is 30.3 Å². The van der Waals surface area contributed by atoms with Crippen molar-refractivity contribution in [3.05, 3.63) is 85.1 Å². The second kappa shape index (κ2) is 7.49. The maximum absolute atomic E-state index is 12.9. The number of hydrogen-bond donors (Lipinski definition) is 0. The highest BCUT2D eigenvalue weighted by atomic mass is 32.2. The van der Waals surface area contributed by atoms with Crippen LogP contribution in [-0.2, 0) is 11.3 Å². The maximum Gasteiger partial charge on any atom is 0.237 e. The molecule has 0 radical (unpaired) electrons. The number of anilines is 1. The first-order chi connectivity index (χ1) is 12.8. The summed E-state index contributed by atoms with van der Waals surface area (Å²) in [4.78, 5) is 19.1. The monoisotopic (exact) mass is 363 g/mol. The molecule has 0 saturated carbocycles. The van der Waals surface area contributed by atoms with Crippen LogP contribution in [0.15, 0.2) is 88.9 Å². The molecule has 0 atom stereocenters. The van der Waals surface area contributed by atoms with Crippen LogP contribution in [-0.4, -0.2) is 21.0 Å². The van der Waals surface area contributed by atoms with Crippen molar-refractivity contribution >= 4 is 28.9 Å². The zero-order chi connectivity index (χ0) is 17.8. The number of rotatable bonds is 6. The average Bonchev–Trinajstić information content (AvgIpc) is 3.35. The van der Waals surface area contributed by atoms with Crippen molar-refractivity contribution in [2.24, 2.45) is 0 Å². The smallest absolute Gasteiger partial charge is 0.237 e. The van der Waals surface area contributed by atoms with Gasteiger partial charge >= 0.3 is 0 Å². The fourth-order valence-electron chi connectivity index (χ4n) is 2.72. The summed E-state index contributed by atoms with van der Waals surface area (Å²) in [5.74, 6) is 1.05. The Kier molecular flexibility index (Phi) is 4.75. The number of thioether (sulfide) groups is 1. The standard InChI is InChI=1S/C20H17N3O2S/c24-19(15-26-20-21-13-17-9-4-5-11-22(17)20)23(14-18-10-6-12-25-18)16-7-2-1-3-8-16/h1-13H,14-15H2. The summed E-state index contributed by atoms with van der Waals surface area (Å²) in [6.07, 6.45) is 5.38. The lowest BCUT2D eigenvalue weighted by molar-refractivity contribution is -0.116. The predicted molar refractivity (Wildman–Crippen MR) is 102 cm³/mol. The lowest BCUT2D eigenvalue weighted by atomic mass is 10.2. The molecule has 0 aliphatic carbocycles. The first kappa shape index (κ1) is 16.5. The molecule has 0 unspecified atom stereocenters. The first-order valence-electron chi connectivity index (χ1n) is 8.24. The first-order valence-corrected chi connectivity index (χ1v) is 9.22. The van der Waals surface area contributed by atoms with E-state index in [0.717, 1.165) is 22.1 Å². The average molecular weight is 363 g/mol. The third-order valence-electron chi connectivity index (χ3n) is 3.99. The van der Waals surface area contributed by atoms with Gasteiger partial charge in [0.1, 0.15) is 5.76 Å². The Labute approximate surface area is 155 Å². The van der Waals surface area contributed by atoms with Crippen molar-refractivity contribution in [2.75, 3.05) is 10.7 Å². The van der Waals surface area contributed by atoms with Gasteiger partial charge in [-0.3, -0.25) is 9.20 Å². The van der Waals surface area contributed by atoms with Crippen molar-refractivity contribution in [2.45, 2.75) is 11.7 Å². The number of furan rings is 1. The summed E-state index contributed by atoms with van der Waals surface area (Å²) in [5.41, 5.74) is 1.86. The van der Waals surface area contributed by atoms with E-state index in [9.17, 15) is 4.79 Å². The van der Waals surface area contributed by atoms with E-state index in [4.69, 9.17) is 4.42 Å². The van der Waals surface area contributed by atoms with Gasteiger partial charge in [-0.15, -0.1) is 0 Å². The molecular weight excluding hydrogens is 346 g/mol. The van der Waals surface area contributed by atoms with Crippen molar-refractivity contribution in [3.63, 3.8) is 0 Å². The van der Waals surface area contributed by atoms with Gasteiger partial charge in [0.25, 0.3) is 0 Å². The maximum atomic E-state index is 12.9. The van der Waals surface area contributed by atoms with Crippen LogP contribution in [0.3, 0.4) is 0 Å². The molecule has 1 amide bonds. The van der Waals surface area contributed by atoms with Gasteiger partial charge in [-0.25, -0.2) is 4.98 Å². The van der Waals surface area contributed by atoms with Crippen molar-refractivity contribution in [3.8, 4) is 0 Å². The molecule has 3 heterocycles. The number of nitrogens with zero attached hydrogens (tertiary/aromatic N) is 3. The molecule has 5 nitrogen and oxygen atoms in total. The van der Waals surface area contributed by atoms with Crippen LogP contribution < -0.4 is 4.90 Å². The number of carbonyl (C=O) groups excluding carboxylic acids is 1. The van der Waals surface area contributed by atoms with Gasteiger partial charge in [-0.1, -0.05) is 36.0 Å². The molecule has 130 valence electrons. The minimum Gasteiger partial charge on any atom is -0.467 e. The van der Waals surface area contributed by atoms with Crippen LogP contribution in [0.2, 0.25) is 0 Å². The fourth-order valence-corrected chi connectivity index (χ4v) is 3.56. The minimum absolute atomic E-state index is 0.00489. The van der Waals surface area contributed by atoms with E-state index in [1.165, 1.54) is 11.8 Å². The van der Waals surface area contributed by atoms with Gasteiger partial charge in [0.15, 0.2) is 5.16 Å². The zero-order valence-corrected chi connectivity index (χ0v) is 14.8. The van der Waals surface area contributed by atoms with E-state index in [-0.39, 0.29) is 5.91 Å². The number of fused-ring (bicyclic) bond motifs is 1. The zero-order valence-electron chi connectivity index (χ0n) is 14.0. The lowest BCUT2D eigenvalue weighted by Gasteiger charge is -2.21. The number of benzene rings is 1. The van der Waals surface area contributed by atoms with Gasteiger partial charge in [0.2, 0.25) is 5.91 Å². The number of amides is 1. The summed E-state index contributed by atoms with van der Waals surface area (Å²) in [6.45, 7) is 0.402. The van der Waals surface area contributed by atoms with Crippen molar-refractivity contribution < 1.29 is 9.21 Å². The molecular formula is C20H17N3O2S. The van der Waals surface area contributed by atoms with Crippen LogP contribution in [0.5, 0.6) is 0 Å². The second-order valence-electron chi connectivity index (χ2n) is 5.72. The van der Waals surface area contributed by atoms with Gasteiger partial charge in [-0.2, -0.15) is 0 Å². The SMILES string of the molecule is O=C(CSc1ncc2ccccn12)N(Cc1ccco1)c1ccccc1. The van der Waals surface area contributed by atoms with Gasteiger partial charge in [0, 0.05) is 11.9 Å². The van der Waals surface area contributed by atoms with Crippen LogP contribution in [0.1, 0.15) is 5.76 Å². The van der Waals surface area contributed by atoms with E-state index < -0.39 is 0 Å². The Morgan fingerprint density at radius 1 is 1.08 bits per heavy atom. The summed E-state index contributed by atoms with van der Waals surface area (Å²) in [7, 11) is 0. The molecule has 4 rings (SSSR count). The summed E-state index contributed by atoms with van der Waals surface area (Å²) >= 11 is 1.43. The Morgan fingerprint density at radius 3 is 2.73 bits per heavy atom. The van der Waals surface area contributed by atoms with Crippen LogP contribution in [0.4, 0.5) is 5.69 Å². The third kappa shape index (κ3) is 3.50. The highest BCUT2D eigenvalue weighted by Gasteiger charge is 2.18. The fraction of sp³-hybridized carbons (Fsp3) is 0.100. The van der Waals surface area contributed by atoms with Crippen molar-refractivity contribution in [1.82, 2.24) is 9.38 Å². The highest BCUT2D eigenvalue weighted by Crippen LogP contribution is 2.22. The summed E-state index contributed by atoms with van der Waals surface area (Å²) < 4.78 is 7.41. The van der Waals surface area contributed by atoms with Crippen molar-refractivity contribution in [1.29, 1.82) is 0 Å². The quantitative estimate of drug-likeness (QED) is 0.481. The highest BCUT2D eigenvalue weighted by molar-refractivity contribution is 7.99. The number of hydrogen-bond acceptors (Lipinski definition) is 4. The van der Waals surface area contributed by atoms with E-state index >= 15 is 0 Å². The molecule has 0 fully saturated rings. The summed E-state index contributed by atoms with van der Waals surface area (Å²) in [5, 5.41) is 0.806. The number of carbonyl (C=O) groups is 1. The molecule has 1 aromatic carbocycles. The van der Waals surface area contributed by atoms with E-state index in [1.54, 1.807) is 11.2 Å². The third-order valence-corrected chi connectivity index (χ3v) is 4.94. The second-order valence-corrected chi connectivity index (χ2v) is 6.66. The molecule has 4 aromatic rings. The molecule has 0 aliphatic heterocycles. The lowest BCUT2D eigenvalue weighted by Crippen LogP contribution is -2.31. The van der Waals surface area contributed by atoms with E-state index in [1.807, 2.05) is 77.5 Å². The Hall–Kier alpha value is -2.99. The number of aromatic nitrogens is 2. The Bertz CT molecular complexity index is 996. The molecule has 0 aliphatic rings. The largest absolute Gasteiger partial charge is 0.467 e. The van der Waals surface area contributed by atoms with Crippen LogP contribution in [0.25, 0.3) is 5.52 Å². The molecule has 26 heavy (non-hydrogen) atoms. The number of pyridine rings is 1. The van der Waals surface area contributed by atoms with Crippen LogP contribution >= 0.6 is 11.8 Å². The van der Waals surface area contributed by atoms with E-state index in [0.29, 0.717) is 12.3 Å². The van der Waals surface area contributed by atoms with Gasteiger partial charge < -0.3 is 9.32 Å². The summed E-state index contributed by atoms with van der Waals surface area (Å²) in [6, 6.07) is 19.3. The predicted octanol–water partition coefficient (Wildman–Crippen LogP) is 4.25. The van der Waals surface area contributed by atoms with Crippen LogP contribution in [0, 0.1) is 0 Å². The van der Waals surface area contributed by atoms with E-state index in [2.05, 4.69) is 4.98 Å². The minimum atomic E-state index is 0.00489. The molecule has 0 spiro atoms. The molecule has 0 N–H and O–H groups in total. The Balaban J connectivity index is 1.52. The van der Waals surface area contributed by atoms with Gasteiger partial charge in [-0.05, 0) is 36.4 Å². The number of imidazole rings is 1. The molecule has 6 heteroatoms. The molecule has 0 saturated heterocycles.